The summed E-state index contributed by atoms with van der Waals surface area (Å²) in [5, 5.41) is -0.162. The lowest BCUT2D eigenvalue weighted by molar-refractivity contribution is -0.181. The fraction of sp³-hybridized carbons (Fsp3) is 0.636. The molecule has 2 aliphatic rings. The zero-order chi connectivity index (χ0) is 36.6. The Balaban J connectivity index is 1.76. The van der Waals surface area contributed by atoms with Gasteiger partial charge in [-0.2, -0.15) is 0 Å². The Hall–Kier alpha value is -1.64. The lowest BCUT2D eigenvalue weighted by Crippen LogP contribution is -2.50. The maximum Gasteiger partial charge on any atom is 0.339 e. The van der Waals surface area contributed by atoms with Gasteiger partial charge in [-0.25, -0.2) is 0 Å². The van der Waals surface area contributed by atoms with E-state index in [0.717, 1.165) is 11.1 Å². The normalized spacial score (nSPS) is 18.4. The van der Waals surface area contributed by atoms with Gasteiger partial charge in [-0.1, -0.05) is 57.2 Å². The highest BCUT2D eigenvalue weighted by molar-refractivity contribution is 7.51. The third-order valence-corrected chi connectivity index (χ3v) is 15.1. The van der Waals surface area contributed by atoms with Crippen LogP contribution in [-0.2, 0) is 49.3 Å². The molecule has 49 heavy (non-hydrogen) atoms. The molecule has 0 spiro atoms. The zero-order valence-corrected chi connectivity index (χ0v) is 32.9. The molecule has 2 aromatic carbocycles. The van der Waals surface area contributed by atoms with Crippen LogP contribution in [0.4, 0.5) is 0 Å². The maximum atomic E-state index is 12.7. The predicted octanol–water partition coefficient (Wildman–Crippen LogP) is 5.94. The Bertz CT molecular complexity index is 1570. The molecule has 2 heterocycles. The van der Waals surface area contributed by atoms with E-state index in [2.05, 4.69) is 33.9 Å². The van der Waals surface area contributed by atoms with Crippen LogP contribution < -0.4 is 9.47 Å². The maximum absolute atomic E-state index is 12.7. The minimum absolute atomic E-state index is 0.0216. The van der Waals surface area contributed by atoms with Gasteiger partial charge >= 0.3 is 15.2 Å². The third-order valence-electron chi connectivity index (χ3n) is 9.15. The van der Waals surface area contributed by atoms with E-state index >= 15 is 0 Å². The minimum atomic E-state index is -4.63. The molecular formula is C33H54N2O11P2Si. The van der Waals surface area contributed by atoms with E-state index in [-0.39, 0.29) is 31.3 Å². The molecule has 0 saturated carbocycles. The van der Waals surface area contributed by atoms with Gasteiger partial charge in [-0.3, -0.25) is 18.9 Å². The Morgan fingerprint density at radius 3 is 1.73 bits per heavy atom. The number of para-hydroxylation sites is 2. The first-order valence-corrected chi connectivity index (χ1v) is 22.9. The van der Waals surface area contributed by atoms with Crippen molar-refractivity contribution in [2.75, 3.05) is 25.7 Å². The molecule has 1 atom stereocenters. The van der Waals surface area contributed by atoms with E-state index in [0.29, 0.717) is 35.8 Å². The molecule has 13 nitrogen and oxygen atoms in total. The molecule has 0 fully saturated rings. The van der Waals surface area contributed by atoms with Crippen LogP contribution in [0.15, 0.2) is 36.4 Å². The quantitative estimate of drug-likeness (QED) is 0.133. The van der Waals surface area contributed by atoms with Crippen LogP contribution >= 0.6 is 15.2 Å². The second-order valence-corrected chi connectivity index (χ2v) is 23.5. The molecule has 276 valence electrons. The fourth-order valence-corrected chi connectivity index (χ4v) is 8.17. The van der Waals surface area contributed by atoms with Gasteiger partial charge in [0.1, 0.15) is 24.1 Å². The smallest absolute Gasteiger partial charge is 0.339 e. The second-order valence-electron chi connectivity index (χ2n) is 15.5. The SMILES string of the molecule is CC1(C)OCc2cccc(CN(CC(CO[Si](C)(C)C(C)(C)C)N(Cc3cccc4c3OC(C)(C)OC4)CP(=O)(O)O)CP(=O)(O)O)c2O1. The number of ether oxygens (including phenoxy) is 4. The van der Waals surface area contributed by atoms with Gasteiger partial charge < -0.3 is 42.9 Å². The Kier molecular flexibility index (Phi) is 12.1. The van der Waals surface area contributed by atoms with E-state index < -0.39 is 53.7 Å². The van der Waals surface area contributed by atoms with Crippen molar-refractivity contribution in [1.82, 2.24) is 9.80 Å². The fourth-order valence-electron chi connectivity index (χ4n) is 5.58. The van der Waals surface area contributed by atoms with Crippen molar-refractivity contribution >= 4 is 23.5 Å². The molecule has 0 radical (unpaired) electrons. The molecule has 4 N–H and O–H groups in total. The van der Waals surface area contributed by atoms with Crippen molar-refractivity contribution in [3.05, 3.63) is 58.7 Å². The van der Waals surface area contributed by atoms with Gasteiger partial charge in [0, 0.05) is 75.6 Å². The third kappa shape index (κ3) is 11.4. The highest BCUT2D eigenvalue weighted by Gasteiger charge is 2.40. The van der Waals surface area contributed by atoms with Crippen molar-refractivity contribution in [2.45, 2.75) is 111 Å². The highest BCUT2D eigenvalue weighted by Crippen LogP contribution is 2.42. The molecule has 0 aromatic heterocycles. The summed E-state index contributed by atoms with van der Waals surface area (Å²) in [7, 11) is -11.6. The summed E-state index contributed by atoms with van der Waals surface area (Å²) < 4.78 is 56.0. The highest BCUT2D eigenvalue weighted by atomic mass is 31.2. The van der Waals surface area contributed by atoms with Crippen molar-refractivity contribution in [1.29, 1.82) is 0 Å². The van der Waals surface area contributed by atoms with Gasteiger partial charge in [-0.05, 0) is 18.1 Å². The first-order chi connectivity index (χ1) is 22.3. The van der Waals surface area contributed by atoms with E-state index in [1.165, 1.54) is 0 Å². The Labute approximate surface area is 291 Å². The Morgan fingerprint density at radius 1 is 0.816 bits per heavy atom. The van der Waals surface area contributed by atoms with Crippen molar-refractivity contribution in [2.24, 2.45) is 0 Å². The summed E-state index contributed by atoms with van der Waals surface area (Å²) in [5.41, 5.74) is 3.04. The molecule has 2 aromatic rings. The van der Waals surface area contributed by atoms with Gasteiger partial charge in [0.2, 0.25) is 11.6 Å². The van der Waals surface area contributed by atoms with Crippen LogP contribution in [0.1, 0.15) is 70.7 Å². The van der Waals surface area contributed by atoms with E-state index in [9.17, 15) is 28.7 Å². The molecular weight excluding hydrogens is 690 g/mol. The monoisotopic (exact) mass is 744 g/mol. The van der Waals surface area contributed by atoms with Gasteiger partial charge in [0.05, 0.1) is 19.8 Å². The first-order valence-electron chi connectivity index (χ1n) is 16.4. The number of hydrogen-bond donors (Lipinski definition) is 4. The van der Waals surface area contributed by atoms with Gasteiger partial charge in [0.15, 0.2) is 8.32 Å². The van der Waals surface area contributed by atoms with Crippen LogP contribution in [0.25, 0.3) is 0 Å². The second kappa shape index (κ2) is 14.8. The molecule has 0 saturated heterocycles. The first kappa shape index (κ1) is 40.1. The average molecular weight is 745 g/mol. The summed E-state index contributed by atoms with van der Waals surface area (Å²) in [6.07, 6.45) is -1.20. The van der Waals surface area contributed by atoms with Gasteiger partial charge in [0.25, 0.3) is 0 Å². The summed E-state index contributed by atoms with van der Waals surface area (Å²) in [4.78, 5) is 44.4. The van der Waals surface area contributed by atoms with Crippen molar-refractivity contribution in [3.8, 4) is 11.5 Å². The Morgan fingerprint density at radius 2 is 1.29 bits per heavy atom. The number of rotatable bonds is 14. The molecule has 1 unspecified atom stereocenters. The molecule has 0 bridgehead atoms. The largest absolute Gasteiger partial charge is 0.462 e. The molecule has 0 amide bonds. The van der Waals surface area contributed by atoms with Crippen LogP contribution in [0.5, 0.6) is 11.5 Å². The van der Waals surface area contributed by atoms with Crippen LogP contribution in [-0.4, -0.2) is 81.0 Å². The van der Waals surface area contributed by atoms with Crippen LogP contribution in [0, 0.1) is 0 Å². The standard InChI is InChI=1S/C33H54N2O11P2Si/c1-31(2,3)49(8,9)44-21-28(35(23-48(39,40)41)17-25-13-11-15-27-20-43-33(6,7)46-30(25)27)18-34(22-47(36,37)38)16-24-12-10-14-26-19-42-32(4,5)45-29(24)26/h10-15,28H,16-23H2,1-9H3,(H2,36,37,38)(H2,39,40,41). The topological polar surface area (TPSA) is 168 Å². The van der Waals surface area contributed by atoms with Crippen LogP contribution in [0.2, 0.25) is 18.1 Å². The number of benzene rings is 2. The van der Waals surface area contributed by atoms with Gasteiger partial charge in [-0.15, -0.1) is 0 Å². The summed E-state index contributed by atoms with van der Waals surface area (Å²) in [6, 6.07) is 10.5. The molecule has 0 aliphatic carbocycles. The molecule has 4 rings (SSSR count). The number of nitrogens with zero attached hydrogens (tertiary/aromatic N) is 2. The van der Waals surface area contributed by atoms with E-state index in [1.807, 2.05) is 36.4 Å². The lowest BCUT2D eigenvalue weighted by Gasteiger charge is -2.41. The van der Waals surface area contributed by atoms with E-state index in [1.54, 1.807) is 37.5 Å². The summed E-state index contributed by atoms with van der Waals surface area (Å²) in [5.74, 6) is -0.622. The number of hydrogen-bond acceptors (Lipinski definition) is 9. The van der Waals surface area contributed by atoms with Crippen molar-refractivity contribution in [3.63, 3.8) is 0 Å². The number of fused-ring (bicyclic) bond motifs is 2. The minimum Gasteiger partial charge on any atom is -0.462 e. The van der Waals surface area contributed by atoms with Crippen molar-refractivity contribution < 1.29 is 52.1 Å². The van der Waals surface area contributed by atoms with E-state index in [4.69, 9.17) is 23.4 Å². The summed E-state index contributed by atoms with van der Waals surface area (Å²) in [6.45, 7) is 18.6. The summed E-state index contributed by atoms with van der Waals surface area (Å²) >= 11 is 0. The molecule has 16 heteroatoms. The van der Waals surface area contributed by atoms with Crippen LogP contribution in [0.3, 0.4) is 0 Å². The predicted molar refractivity (Wildman–Crippen MR) is 189 cm³/mol. The zero-order valence-electron chi connectivity index (χ0n) is 30.1. The lowest BCUT2D eigenvalue weighted by atomic mass is 10.1. The average Bonchev–Trinajstić information content (AvgIpc) is 2.92. The molecule has 2 aliphatic heterocycles.